The van der Waals surface area contributed by atoms with Crippen LogP contribution in [0.25, 0.3) is 0 Å². The van der Waals surface area contributed by atoms with Crippen LogP contribution in [-0.4, -0.2) is 10.2 Å². The zero-order valence-corrected chi connectivity index (χ0v) is 17.4. The Kier molecular flexibility index (Phi) is 5.21. The summed E-state index contributed by atoms with van der Waals surface area (Å²) in [5.41, 5.74) is 3.97. The maximum Gasteiger partial charge on any atom is 0.119 e. The fourth-order valence-corrected chi connectivity index (χ4v) is 4.61. The molecule has 2 aromatic rings. The van der Waals surface area contributed by atoms with Crippen LogP contribution in [-0.2, 0) is 10.8 Å². The van der Waals surface area contributed by atoms with E-state index < -0.39 is 0 Å². The molecule has 0 spiro atoms. The Hall–Kier alpha value is -1.61. The van der Waals surface area contributed by atoms with Crippen molar-refractivity contribution in [3.63, 3.8) is 0 Å². The van der Waals surface area contributed by atoms with Crippen molar-refractivity contribution in [2.24, 2.45) is 0 Å². The summed E-state index contributed by atoms with van der Waals surface area (Å²) < 4.78 is 0. The van der Waals surface area contributed by atoms with Crippen LogP contribution in [0.5, 0.6) is 11.5 Å². The quantitative estimate of drug-likeness (QED) is 0.647. The van der Waals surface area contributed by atoms with Crippen molar-refractivity contribution in [2.75, 3.05) is 0 Å². The van der Waals surface area contributed by atoms with Gasteiger partial charge >= 0.3 is 0 Å². The van der Waals surface area contributed by atoms with Crippen molar-refractivity contribution in [3.8, 4) is 11.5 Å². The van der Waals surface area contributed by atoms with Crippen molar-refractivity contribution in [1.82, 2.24) is 0 Å². The average molecular weight is 359 g/mol. The molecule has 0 saturated heterocycles. The van der Waals surface area contributed by atoms with E-state index >= 15 is 0 Å². The van der Waals surface area contributed by atoms with Gasteiger partial charge in [-0.1, -0.05) is 53.3 Å². The van der Waals surface area contributed by atoms with E-state index in [1.54, 1.807) is 23.9 Å². The van der Waals surface area contributed by atoms with Gasteiger partial charge in [0, 0.05) is 20.9 Å². The predicted octanol–water partition coefficient (Wildman–Crippen LogP) is 6.46. The fourth-order valence-electron chi connectivity index (χ4n) is 3.59. The van der Waals surface area contributed by atoms with Crippen LogP contribution < -0.4 is 0 Å². The molecule has 2 aromatic carbocycles. The minimum atomic E-state index is -0.120. The molecule has 0 amide bonds. The van der Waals surface area contributed by atoms with Crippen LogP contribution in [0, 0.1) is 13.8 Å². The highest BCUT2D eigenvalue weighted by Gasteiger charge is 2.25. The molecular formula is C22H30O2S. The molecule has 0 saturated carbocycles. The lowest BCUT2D eigenvalue weighted by atomic mass is 9.83. The summed E-state index contributed by atoms with van der Waals surface area (Å²) in [6.45, 7) is 16.9. The first-order chi connectivity index (χ1) is 11.3. The zero-order chi connectivity index (χ0) is 19.2. The summed E-state index contributed by atoms with van der Waals surface area (Å²) in [5.74, 6) is 0.708. The Bertz CT molecular complexity index is 726. The molecule has 3 heteroatoms. The maximum absolute atomic E-state index is 10.3. The largest absolute Gasteiger partial charge is 0.508 e. The molecule has 0 unspecified atom stereocenters. The number of phenolic OH excluding ortho intramolecular Hbond substituents is 2. The molecule has 0 aliphatic heterocycles. The van der Waals surface area contributed by atoms with Crippen molar-refractivity contribution in [1.29, 1.82) is 0 Å². The zero-order valence-electron chi connectivity index (χ0n) is 16.6. The van der Waals surface area contributed by atoms with Crippen LogP contribution in [0.4, 0.5) is 0 Å². The summed E-state index contributed by atoms with van der Waals surface area (Å²) >= 11 is 1.70. The second kappa shape index (κ2) is 6.60. The second-order valence-corrected chi connectivity index (χ2v) is 9.85. The molecule has 2 N–H and O–H groups in total. The Balaban J connectivity index is 2.56. The smallest absolute Gasteiger partial charge is 0.119 e. The van der Waals surface area contributed by atoms with Crippen molar-refractivity contribution < 1.29 is 10.2 Å². The van der Waals surface area contributed by atoms with Gasteiger partial charge in [0.25, 0.3) is 0 Å². The lowest BCUT2D eigenvalue weighted by Gasteiger charge is -2.26. The Morgan fingerprint density at radius 1 is 0.640 bits per heavy atom. The molecule has 0 bridgehead atoms. The predicted molar refractivity (Wildman–Crippen MR) is 107 cm³/mol. The number of hydrogen-bond donors (Lipinski definition) is 2. The van der Waals surface area contributed by atoms with Crippen molar-refractivity contribution in [2.45, 2.75) is 76.0 Å². The van der Waals surface area contributed by atoms with E-state index in [0.29, 0.717) is 11.5 Å². The van der Waals surface area contributed by atoms with E-state index in [0.717, 1.165) is 32.0 Å². The van der Waals surface area contributed by atoms with Crippen molar-refractivity contribution >= 4 is 11.8 Å². The lowest BCUT2D eigenvalue weighted by Crippen LogP contribution is -2.14. The maximum atomic E-state index is 10.3. The molecule has 0 radical (unpaired) electrons. The number of hydrogen-bond acceptors (Lipinski definition) is 3. The van der Waals surface area contributed by atoms with Crippen LogP contribution >= 0.6 is 11.8 Å². The highest BCUT2D eigenvalue weighted by molar-refractivity contribution is 7.99. The van der Waals surface area contributed by atoms with Crippen molar-refractivity contribution in [3.05, 3.63) is 46.5 Å². The number of aromatic hydroxyl groups is 2. The molecule has 0 aromatic heterocycles. The molecule has 25 heavy (non-hydrogen) atoms. The van der Waals surface area contributed by atoms with E-state index in [1.807, 2.05) is 12.1 Å². The molecular weight excluding hydrogens is 328 g/mol. The summed E-state index contributed by atoms with van der Waals surface area (Å²) in [6.07, 6.45) is 0. The fraction of sp³-hybridized carbons (Fsp3) is 0.455. The monoisotopic (exact) mass is 358 g/mol. The van der Waals surface area contributed by atoms with Gasteiger partial charge in [-0.2, -0.15) is 0 Å². The van der Waals surface area contributed by atoms with E-state index in [-0.39, 0.29) is 10.8 Å². The van der Waals surface area contributed by atoms with Crippen LogP contribution in [0.2, 0.25) is 0 Å². The van der Waals surface area contributed by atoms with Gasteiger partial charge in [-0.3, -0.25) is 0 Å². The summed E-state index contributed by atoms with van der Waals surface area (Å²) in [4.78, 5) is 2.27. The van der Waals surface area contributed by atoms with Gasteiger partial charge in [-0.25, -0.2) is 0 Å². The molecule has 0 atom stereocenters. The number of benzene rings is 2. The molecule has 136 valence electrons. The molecule has 0 aliphatic rings. The van der Waals surface area contributed by atoms with Crippen LogP contribution in [0.3, 0.4) is 0 Å². The first kappa shape index (κ1) is 19.7. The Morgan fingerprint density at radius 3 is 1.24 bits per heavy atom. The SMILES string of the molecule is Cc1c(Sc2ccc(O)c(C(C)(C)C)c2C)ccc(O)c1C(C)(C)C. The minimum Gasteiger partial charge on any atom is -0.508 e. The lowest BCUT2D eigenvalue weighted by molar-refractivity contribution is 0.443. The highest BCUT2D eigenvalue weighted by Crippen LogP contribution is 2.44. The third-order valence-electron chi connectivity index (χ3n) is 4.51. The average Bonchev–Trinajstić information content (AvgIpc) is 2.41. The topological polar surface area (TPSA) is 40.5 Å². The van der Waals surface area contributed by atoms with Gasteiger partial charge < -0.3 is 10.2 Å². The van der Waals surface area contributed by atoms with E-state index in [4.69, 9.17) is 0 Å². The molecule has 0 heterocycles. The van der Waals surface area contributed by atoms with E-state index in [1.165, 1.54) is 0 Å². The summed E-state index contributed by atoms with van der Waals surface area (Å²) in [5, 5.41) is 20.6. The number of rotatable bonds is 2. The van der Waals surface area contributed by atoms with E-state index in [2.05, 4.69) is 55.4 Å². The van der Waals surface area contributed by atoms with Gasteiger partial charge in [0.15, 0.2) is 0 Å². The molecule has 2 nitrogen and oxygen atoms in total. The Morgan fingerprint density at radius 2 is 0.960 bits per heavy atom. The van der Waals surface area contributed by atoms with Gasteiger partial charge in [0.1, 0.15) is 11.5 Å². The first-order valence-corrected chi connectivity index (χ1v) is 9.49. The third-order valence-corrected chi connectivity index (χ3v) is 5.83. The van der Waals surface area contributed by atoms with Crippen LogP contribution in [0.1, 0.15) is 63.8 Å². The number of phenols is 2. The molecule has 2 rings (SSSR count). The summed E-state index contributed by atoms with van der Waals surface area (Å²) in [7, 11) is 0. The highest BCUT2D eigenvalue weighted by atomic mass is 32.2. The van der Waals surface area contributed by atoms with Crippen LogP contribution in [0.15, 0.2) is 34.1 Å². The van der Waals surface area contributed by atoms with Gasteiger partial charge in [0.2, 0.25) is 0 Å². The summed E-state index contributed by atoms with van der Waals surface area (Å²) in [6, 6.07) is 7.54. The van der Waals surface area contributed by atoms with Gasteiger partial charge in [-0.15, -0.1) is 0 Å². The third kappa shape index (κ3) is 3.98. The second-order valence-electron chi connectivity index (χ2n) is 8.77. The Labute approximate surface area is 156 Å². The van der Waals surface area contributed by atoms with Gasteiger partial charge in [0.05, 0.1) is 0 Å². The molecule has 0 aliphatic carbocycles. The first-order valence-electron chi connectivity index (χ1n) is 8.68. The normalized spacial score (nSPS) is 12.5. The van der Waals surface area contributed by atoms with Gasteiger partial charge in [-0.05, 0) is 60.1 Å². The van der Waals surface area contributed by atoms with E-state index in [9.17, 15) is 10.2 Å². The standard InChI is InChI=1S/C22H30O2S/c1-13-17(11-9-15(23)19(13)21(3,4)5)25-18-12-10-16(24)20(14(18)2)22(6,7)8/h9-12,23-24H,1-8H3. The molecule has 0 fully saturated rings. The minimum absolute atomic E-state index is 0.120.